The minimum Gasteiger partial charge on any atom is -0.391 e. The van der Waals surface area contributed by atoms with Crippen molar-refractivity contribution < 1.29 is 14.7 Å². The zero-order valence-corrected chi connectivity index (χ0v) is 17.2. The lowest BCUT2D eigenvalue weighted by Gasteiger charge is -2.25. The maximum atomic E-state index is 12.8. The average Bonchev–Trinajstić information content (AvgIpc) is 2.70. The fourth-order valence-corrected chi connectivity index (χ4v) is 3.35. The number of aromatic nitrogens is 1. The van der Waals surface area contributed by atoms with E-state index in [1.54, 1.807) is 12.4 Å². The molecular formula is C21H33N3O4. The van der Waals surface area contributed by atoms with Crippen LogP contribution in [0.5, 0.6) is 0 Å². The Morgan fingerprint density at radius 1 is 1.07 bits per heavy atom. The van der Waals surface area contributed by atoms with Crippen LogP contribution in [0.1, 0.15) is 86.1 Å². The number of nitrogens with one attached hydrogen (secondary N) is 2. The van der Waals surface area contributed by atoms with Gasteiger partial charge in [0.25, 0.3) is 11.8 Å². The molecule has 0 saturated heterocycles. The molecule has 28 heavy (non-hydrogen) atoms. The first kappa shape index (κ1) is 22.1. The predicted molar refractivity (Wildman–Crippen MR) is 109 cm³/mol. The van der Waals surface area contributed by atoms with Gasteiger partial charge in [0.1, 0.15) is 11.1 Å². The molecular weight excluding hydrogens is 358 g/mol. The summed E-state index contributed by atoms with van der Waals surface area (Å²) in [7, 11) is 0. The molecule has 0 radical (unpaired) electrons. The van der Waals surface area contributed by atoms with Gasteiger partial charge in [-0.2, -0.15) is 0 Å². The van der Waals surface area contributed by atoms with Gasteiger partial charge >= 0.3 is 0 Å². The van der Waals surface area contributed by atoms with Crippen molar-refractivity contribution >= 4 is 11.8 Å². The number of aliphatic hydroxyl groups is 1. The summed E-state index contributed by atoms with van der Waals surface area (Å²) in [5.74, 6) is -0.751. The van der Waals surface area contributed by atoms with Crippen LogP contribution >= 0.6 is 0 Å². The molecule has 2 amide bonds. The molecule has 2 rings (SSSR count). The fourth-order valence-electron chi connectivity index (χ4n) is 3.35. The van der Waals surface area contributed by atoms with Gasteiger partial charge in [0.05, 0.1) is 6.10 Å². The quantitative estimate of drug-likeness (QED) is 0.633. The molecule has 0 unspecified atom stereocenters. The Bertz CT molecular complexity index is 736. The highest BCUT2D eigenvalue weighted by atomic mass is 16.3. The van der Waals surface area contributed by atoms with Crippen molar-refractivity contribution in [3.05, 3.63) is 33.7 Å². The zero-order chi connectivity index (χ0) is 20.7. The van der Waals surface area contributed by atoms with Crippen LogP contribution in [0.3, 0.4) is 0 Å². The number of aliphatic hydroxyl groups excluding tert-OH is 1. The number of hydrogen-bond donors (Lipinski definition) is 3. The molecule has 1 saturated carbocycles. The molecule has 1 aromatic heterocycles. The Balaban J connectivity index is 2.35. The average molecular weight is 392 g/mol. The molecule has 1 aromatic rings. The van der Waals surface area contributed by atoms with Gasteiger partial charge in [-0.3, -0.25) is 14.4 Å². The summed E-state index contributed by atoms with van der Waals surface area (Å²) in [6.07, 6.45) is 8.28. The highest BCUT2D eigenvalue weighted by Gasteiger charge is 2.23. The van der Waals surface area contributed by atoms with Gasteiger partial charge in [-0.25, -0.2) is 0 Å². The number of carbonyl (C=O) groups is 2. The Hall–Kier alpha value is -2.15. The molecule has 0 bridgehead atoms. The number of rotatable bonds is 8. The first-order chi connectivity index (χ1) is 13.3. The lowest BCUT2D eigenvalue weighted by atomic mass is 9.95. The van der Waals surface area contributed by atoms with Gasteiger partial charge in [0, 0.05) is 31.5 Å². The van der Waals surface area contributed by atoms with E-state index in [4.69, 9.17) is 0 Å². The minimum atomic E-state index is -0.665. The lowest BCUT2D eigenvalue weighted by molar-refractivity contribution is 0.0911. The van der Waals surface area contributed by atoms with Gasteiger partial charge in [0.2, 0.25) is 5.43 Å². The number of pyridine rings is 1. The Kier molecular flexibility index (Phi) is 8.23. The van der Waals surface area contributed by atoms with Gasteiger partial charge < -0.3 is 20.3 Å². The van der Waals surface area contributed by atoms with Crippen molar-refractivity contribution in [3.8, 4) is 0 Å². The van der Waals surface area contributed by atoms with E-state index in [1.807, 2.05) is 25.3 Å². The van der Waals surface area contributed by atoms with Crippen LogP contribution in [-0.2, 0) is 0 Å². The Morgan fingerprint density at radius 3 is 2.11 bits per heavy atom. The van der Waals surface area contributed by atoms with E-state index in [1.165, 1.54) is 6.42 Å². The van der Waals surface area contributed by atoms with Gasteiger partial charge in [-0.05, 0) is 25.2 Å². The first-order valence-corrected chi connectivity index (χ1v) is 10.3. The first-order valence-electron chi connectivity index (χ1n) is 10.3. The second-order valence-corrected chi connectivity index (χ2v) is 8.03. The van der Waals surface area contributed by atoms with E-state index in [0.717, 1.165) is 25.7 Å². The second kappa shape index (κ2) is 10.4. The van der Waals surface area contributed by atoms with Crippen LogP contribution in [-0.4, -0.2) is 40.7 Å². The number of hydrogen-bond acceptors (Lipinski definition) is 4. The lowest BCUT2D eigenvalue weighted by Crippen LogP contribution is -2.38. The monoisotopic (exact) mass is 391 g/mol. The minimum absolute atomic E-state index is 0.00471. The third kappa shape index (κ3) is 5.92. The molecule has 0 spiro atoms. The van der Waals surface area contributed by atoms with E-state index >= 15 is 0 Å². The standard InChI is InChI=1S/C21H33N3O4/c1-4-16(25)11-23-21(28)18-13-24(15-8-6-5-7-9-15)12-17(19(18)26)20(27)22-10-14(2)3/h12-16,25H,4-11H2,1-3H3,(H,22,27)(H,23,28)/t16-/m1/s1. The van der Waals surface area contributed by atoms with Crippen molar-refractivity contribution in [1.29, 1.82) is 0 Å². The Morgan fingerprint density at radius 2 is 1.61 bits per heavy atom. The van der Waals surface area contributed by atoms with E-state index in [0.29, 0.717) is 13.0 Å². The van der Waals surface area contributed by atoms with Crippen molar-refractivity contribution in [2.45, 2.75) is 71.4 Å². The SMILES string of the molecule is CC[C@@H](O)CNC(=O)c1cn(C2CCCCC2)cc(C(=O)NCC(C)C)c1=O. The zero-order valence-electron chi connectivity index (χ0n) is 17.2. The van der Waals surface area contributed by atoms with Gasteiger partial charge in [-0.15, -0.1) is 0 Å². The summed E-state index contributed by atoms with van der Waals surface area (Å²) in [6.45, 7) is 6.29. The van der Waals surface area contributed by atoms with Crippen molar-refractivity contribution in [3.63, 3.8) is 0 Å². The molecule has 1 atom stereocenters. The normalized spacial score (nSPS) is 16.0. The maximum absolute atomic E-state index is 12.8. The topological polar surface area (TPSA) is 100 Å². The predicted octanol–water partition coefficient (Wildman–Crippen LogP) is 2.24. The number of nitrogens with zero attached hydrogens (tertiary/aromatic N) is 1. The third-order valence-corrected chi connectivity index (χ3v) is 5.17. The molecule has 0 aromatic carbocycles. The van der Waals surface area contributed by atoms with E-state index in [-0.39, 0.29) is 29.6 Å². The highest BCUT2D eigenvalue weighted by Crippen LogP contribution is 2.28. The fraction of sp³-hybridized carbons (Fsp3) is 0.667. The molecule has 1 aliphatic carbocycles. The molecule has 1 aliphatic rings. The van der Waals surface area contributed by atoms with Gasteiger partial charge in [0.15, 0.2) is 0 Å². The second-order valence-electron chi connectivity index (χ2n) is 8.03. The summed E-state index contributed by atoms with van der Waals surface area (Å²) >= 11 is 0. The van der Waals surface area contributed by atoms with Crippen LogP contribution in [0.4, 0.5) is 0 Å². The van der Waals surface area contributed by atoms with E-state index in [9.17, 15) is 19.5 Å². The maximum Gasteiger partial charge on any atom is 0.256 e. The summed E-state index contributed by atoms with van der Waals surface area (Å²) in [4.78, 5) is 38.0. The van der Waals surface area contributed by atoms with Crippen LogP contribution in [0.2, 0.25) is 0 Å². The summed E-state index contributed by atoms with van der Waals surface area (Å²) in [5, 5.41) is 15.1. The third-order valence-electron chi connectivity index (χ3n) is 5.17. The van der Waals surface area contributed by atoms with Crippen LogP contribution in [0, 0.1) is 5.92 Å². The van der Waals surface area contributed by atoms with E-state index in [2.05, 4.69) is 10.6 Å². The molecule has 1 fully saturated rings. The van der Waals surface area contributed by atoms with Gasteiger partial charge in [-0.1, -0.05) is 40.0 Å². The summed E-state index contributed by atoms with van der Waals surface area (Å²) in [5.41, 5.74) is -0.627. The van der Waals surface area contributed by atoms with Crippen LogP contribution < -0.4 is 16.1 Å². The largest absolute Gasteiger partial charge is 0.391 e. The van der Waals surface area contributed by atoms with Crippen molar-refractivity contribution in [1.82, 2.24) is 15.2 Å². The summed E-state index contributed by atoms with van der Waals surface area (Å²) in [6, 6.07) is 0.179. The molecule has 7 heteroatoms. The van der Waals surface area contributed by atoms with Crippen molar-refractivity contribution in [2.24, 2.45) is 5.92 Å². The summed E-state index contributed by atoms with van der Waals surface area (Å²) < 4.78 is 1.86. The number of amides is 2. The molecule has 3 N–H and O–H groups in total. The van der Waals surface area contributed by atoms with Crippen molar-refractivity contribution in [2.75, 3.05) is 13.1 Å². The molecule has 0 aliphatic heterocycles. The molecule has 7 nitrogen and oxygen atoms in total. The Labute approximate surface area is 166 Å². The number of carbonyl (C=O) groups excluding carboxylic acids is 2. The van der Waals surface area contributed by atoms with Crippen LogP contribution in [0.15, 0.2) is 17.2 Å². The molecule has 1 heterocycles. The van der Waals surface area contributed by atoms with Crippen LogP contribution in [0.25, 0.3) is 0 Å². The molecule has 156 valence electrons. The highest BCUT2D eigenvalue weighted by molar-refractivity contribution is 5.99. The smallest absolute Gasteiger partial charge is 0.256 e. The van der Waals surface area contributed by atoms with E-state index < -0.39 is 23.3 Å².